The van der Waals surface area contributed by atoms with Crippen LogP contribution in [0.4, 0.5) is 5.00 Å². The summed E-state index contributed by atoms with van der Waals surface area (Å²) in [6.07, 6.45) is -0.363. The number of morpholine rings is 1. The number of hydrogen-bond donors (Lipinski definition) is 2. The van der Waals surface area contributed by atoms with Crippen molar-refractivity contribution in [1.29, 1.82) is 0 Å². The Kier molecular flexibility index (Phi) is 6.37. The molecule has 2 aromatic rings. The molecule has 0 unspecified atom stereocenters. The minimum Gasteiger partial charge on any atom is -0.373 e. The molecule has 29 heavy (non-hydrogen) atoms. The van der Waals surface area contributed by atoms with Crippen LogP contribution in [0.2, 0.25) is 0 Å². The fourth-order valence-corrected chi connectivity index (χ4v) is 5.52. The third-order valence-electron chi connectivity index (χ3n) is 4.50. The number of nitrogens with zero attached hydrogens (tertiary/aromatic N) is 1. The Morgan fingerprint density at radius 3 is 2.28 bits per heavy atom. The van der Waals surface area contributed by atoms with E-state index in [1.165, 1.54) is 47.0 Å². The van der Waals surface area contributed by atoms with Crippen molar-refractivity contribution in [1.82, 2.24) is 9.62 Å². The van der Waals surface area contributed by atoms with Gasteiger partial charge in [0.1, 0.15) is 5.00 Å². The van der Waals surface area contributed by atoms with E-state index in [4.69, 9.17) is 4.74 Å². The normalized spacial score (nSPS) is 20.2. The molecule has 2 atom stereocenters. The monoisotopic (exact) mass is 437 g/mol. The Hall–Kier alpha value is -2.27. The molecule has 0 aliphatic carbocycles. The second-order valence-electron chi connectivity index (χ2n) is 6.80. The number of hydrogen-bond acceptors (Lipinski definition) is 6. The summed E-state index contributed by atoms with van der Waals surface area (Å²) < 4.78 is 32.8. The highest BCUT2D eigenvalue weighted by atomic mass is 32.2. The molecule has 8 nitrogen and oxygen atoms in total. The molecule has 1 aliphatic rings. The van der Waals surface area contributed by atoms with E-state index in [2.05, 4.69) is 10.6 Å². The summed E-state index contributed by atoms with van der Waals surface area (Å²) in [6, 6.07) is 7.39. The molecule has 2 N–H and O–H groups in total. The lowest BCUT2D eigenvalue weighted by Crippen LogP contribution is -2.48. The Morgan fingerprint density at radius 2 is 1.69 bits per heavy atom. The highest BCUT2D eigenvalue weighted by molar-refractivity contribution is 7.89. The van der Waals surface area contributed by atoms with Crippen molar-refractivity contribution in [3.05, 3.63) is 46.8 Å². The molecule has 10 heteroatoms. The third kappa shape index (κ3) is 4.67. The molecule has 2 heterocycles. The Morgan fingerprint density at radius 1 is 1.07 bits per heavy atom. The van der Waals surface area contributed by atoms with E-state index in [1.54, 1.807) is 11.4 Å². The lowest BCUT2D eigenvalue weighted by Gasteiger charge is -2.34. The van der Waals surface area contributed by atoms with Crippen LogP contribution in [0, 0.1) is 0 Å². The summed E-state index contributed by atoms with van der Waals surface area (Å²) >= 11 is 1.24. The number of rotatable bonds is 5. The third-order valence-corrected chi connectivity index (χ3v) is 7.18. The zero-order valence-corrected chi connectivity index (χ0v) is 18.0. The van der Waals surface area contributed by atoms with E-state index in [0.29, 0.717) is 16.1 Å². The van der Waals surface area contributed by atoms with E-state index >= 15 is 0 Å². The van der Waals surface area contributed by atoms with Gasteiger partial charge >= 0.3 is 0 Å². The molecule has 3 rings (SSSR count). The van der Waals surface area contributed by atoms with E-state index < -0.39 is 15.9 Å². The molecule has 1 aliphatic heterocycles. The maximum absolute atomic E-state index is 12.9. The SMILES string of the molecule is CNC(=O)c1ccsc1NC(=O)c1ccc(S(=O)(=O)N2C[C@@H](C)O[C@H](C)C2)cc1. The lowest BCUT2D eigenvalue weighted by molar-refractivity contribution is -0.0440. The minimum absolute atomic E-state index is 0.123. The van der Waals surface area contributed by atoms with Crippen LogP contribution in [-0.4, -0.2) is 56.9 Å². The Balaban J connectivity index is 1.75. The van der Waals surface area contributed by atoms with Crippen LogP contribution in [0.5, 0.6) is 0 Å². The van der Waals surface area contributed by atoms with Gasteiger partial charge in [-0.3, -0.25) is 9.59 Å². The predicted molar refractivity (Wildman–Crippen MR) is 111 cm³/mol. The topological polar surface area (TPSA) is 105 Å². The van der Waals surface area contributed by atoms with Gasteiger partial charge in [0.15, 0.2) is 0 Å². The fraction of sp³-hybridized carbons (Fsp3) is 0.368. The summed E-state index contributed by atoms with van der Waals surface area (Å²) in [5.41, 5.74) is 0.671. The van der Waals surface area contributed by atoms with Gasteiger partial charge in [0.05, 0.1) is 22.7 Å². The summed E-state index contributed by atoms with van der Waals surface area (Å²) in [5, 5.41) is 7.36. The molecule has 1 aromatic carbocycles. The second-order valence-corrected chi connectivity index (χ2v) is 9.65. The smallest absolute Gasteiger partial charge is 0.256 e. The number of carbonyl (C=O) groups excluding carboxylic acids is 2. The van der Waals surface area contributed by atoms with Gasteiger partial charge < -0.3 is 15.4 Å². The van der Waals surface area contributed by atoms with Crippen LogP contribution < -0.4 is 10.6 Å². The highest BCUT2D eigenvalue weighted by Crippen LogP contribution is 2.25. The van der Waals surface area contributed by atoms with Crippen molar-refractivity contribution in [2.75, 3.05) is 25.5 Å². The molecule has 0 radical (unpaired) electrons. The average molecular weight is 438 g/mol. The van der Waals surface area contributed by atoms with Crippen LogP contribution in [0.15, 0.2) is 40.6 Å². The van der Waals surface area contributed by atoms with Crippen molar-refractivity contribution >= 4 is 38.2 Å². The maximum Gasteiger partial charge on any atom is 0.256 e. The quantitative estimate of drug-likeness (QED) is 0.746. The molecule has 1 fully saturated rings. The summed E-state index contributed by atoms with van der Waals surface area (Å²) in [6.45, 7) is 4.25. The van der Waals surface area contributed by atoms with Gasteiger partial charge in [0.25, 0.3) is 11.8 Å². The second kappa shape index (κ2) is 8.62. The molecular weight excluding hydrogens is 414 g/mol. The largest absolute Gasteiger partial charge is 0.373 e. The molecule has 2 amide bonds. The molecule has 0 bridgehead atoms. The first-order valence-electron chi connectivity index (χ1n) is 9.09. The zero-order valence-electron chi connectivity index (χ0n) is 16.3. The number of thiophene rings is 1. The fourth-order valence-electron chi connectivity index (χ4n) is 3.15. The number of nitrogens with one attached hydrogen (secondary N) is 2. The maximum atomic E-state index is 12.9. The van der Waals surface area contributed by atoms with Gasteiger partial charge in [0.2, 0.25) is 10.0 Å². The number of amides is 2. The average Bonchev–Trinajstić information content (AvgIpc) is 3.14. The van der Waals surface area contributed by atoms with Crippen molar-refractivity contribution in [2.24, 2.45) is 0 Å². The summed E-state index contributed by atoms with van der Waals surface area (Å²) in [4.78, 5) is 24.5. The van der Waals surface area contributed by atoms with Gasteiger partial charge in [-0.2, -0.15) is 4.31 Å². The van der Waals surface area contributed by atoms with E-state index in [0.717, 1.165) is 0 Å². The zero-order chi connectivity index (χ0) is 21.2. The van der Waals surface area contributed by atoms with E-state index in [9.17, 15) is 18.0 Å². The van der Waals surface area contributed by atoms with Crippen LogP contribution in [0.25, 0.3) is 0 Å². The van der Waals surface area contributed by atoms with E-state index in [1.807, 2.05) is 13.8 Å². The number of benzene rings is 1. The Labute approximate surface area is 173 Å². The highest BCUT2D eigenvalue weighted by Gasteiger charge is 2.32. The van der Waals surface area contributed by atoms with Gasteiger partial charge in [-0.1, -0.05) is 0 Å². The van der Waals surface area contributed by atoms with Gasteiger partial charge in [-0.25, -0.2) is 8.42 Å². The van der Waals surface area contributed by atoms with Crippen LogP contribution >= 0.6 is 11.3 Å². The molecule has 0 saturated carbocycles. The lowest BCUT2D eigenvalue weighted by atomic mass is 10.2. The van der Waals surface area contributed by atoms with Gasteiger partial charge in [-0.05, 0) is 49.6 Å². The van der Waals surface area contributed by atoms with E-state index in [-0.39, 0.29) is 36.1 Å². The number of ether oxygens (including phenoxy) is 1. The van der Waals surface area contributed by atoms with Crippen molar-refractivity contribution in [2.45, 2.75) is 31.0 Å². The van der Waals surface area contributed by atoms with Gasteiger partial charge in [0, 0.05) is 25.7 Å². The standard InChI is InChI=1S/C19H23N3O5S2/c1-12-10-22(11-13(2)27-12)29(25,26)15-6-4-14(5-7-15)17(23)21-19-16(8-9-28-19)18(24)20-3/h4-9,12-13H,10-11H2,1-3H3,(H,20,24)(H,21,23)/t12-,13-/m1/s1. The first-order valence-corrected chi connectivity index (χ1v) is 11.4. The van der Waals surface area contributed by atoms with Crippen LogP contribution in [0.1, 0.15) is 34.6 Å². The van der Waals surface area contributed by atoms with Crippen molar-refractivity contribution in [3.63, 3.8) is 0 Å². The first-order chi connectivity index (χ1) is 13.7. The number of carbonyl (C=O) groups is 2. The first kappa shape index (κ1) is 21.4. The molecule has 156 valence electrons. The van der Waals surface area contributed by atoms with Crippen molar-refractivity contribution < 1.29 is 22.7 Å². The summed E-state index contributed by atoms with van der Waals surface area (Å²) in [5.74, 6) is -0.716. The molecular formula is C19H23N3O5S2. The number of sulfonamides is 1. The van der Waals surface area contributed by atoms with Crippen molar-refractivity contribution in [3.8, 4) is 0 Å². The summed E-state index contributed by atoms with van der Waals surface area (Å²) in [7, 11) is -2.16. The molecule has 1 saturated heterocycles. The van der Waals surface area contributed by atoms with Crippen LogP contribution in [-0.2, 0) is 14.8 Å². The minimum atomic E-state index is -3.67. The molecule has 1 aromatic heterocycles. The predicted octanol–water partition coefficient (Wildman–Crippen LogP) is 2.16. The molecule has 0 spiro atoms. The number of anilines is 1. The van der Waals surface area contributed by atoms with Gasteiger partial charge in [-0.15, -0.1) is 11.3 Å². The Bertz CT molecular complexity index is 991. The van der Waals surface area contributed by atoms with Crippen LogP contribution in [0.3, 0.4) is 0 Å².